The summed E-state index contributed by atoms with van der Waals surface area (Å²) >= 11 is 0. The number of anilines is 1. The van der Waals surface area contributed by atoms with Crippen LogP contribution in [0.25, 0.3) is 0 Å². The highest BCUT2D eigenvalue weighted by atomic mass is 16.5. The number of ether oxygens (including phenoxy) is 2. The summed E-state index contributed by atoms with van der Waals surface area (Å²) in [7, 11) is 2.90. The van der Waals surface area contributed by atoms with Crippen molar-refractivity contribution in [3.63, 3.8) is 0 Å². The minimum Gasteiger partial charge on any atom is -0.469 e. The molecule has 0 aliphatic heterocycles. The number of amides is 1. The molecule has 0 saturated heterocycles. The van der Waals surface area contributed by atoms with E-state index in [1.54, 1.807) is 24.1 Å². The van der Waals surface area contributed by atoms with Crippen molar-refractivity contribution in [2.75, 3.05) is 39.6 Å². The normalized spacial score (nSPS) is 10.2. The number of nitrogens with two attached hydrogens (primary N) is 1. The molecule has 1 aromatic rings. The van der Waals surface area contributed by atoms with E-state index in [4.69, 9.17) is 10.5 Å². The third kappa shape index (κ3) is 6.27. The lowest BCUT2D eigenvalue weighted by molar-refractivity contribution is -0.141. The second-order valence-electron chi connectivity index (χ2n) is 4.62. The molecule has 0 atom stereocenters. The van der Waals surface area contributed by atoms with Gasteiger partial charge in [-0.3, -0.25) is 9.59 Å². The first-order valence-electron chi connectivity index (χ1n) is 6.74. The molecular formula is C15H22N2O4. The Balaban J connectivity index is 2.60. The molecule has 0 fully saturated rings. The van der Waals surface area contributed by atoms with Gasteiger partial charge >= 0.3 is 5.97 Å². The summed E-state index contributed by atoms with van der Waals surface area (Å²) in [5.41, 5.74) is 7.16. The number of nitrogens with zero attached hydrogens (tertiary/aromatic N) is 1. The molecule has 6 nitrogen and oxygen atoms in total. The standard InChI is InChI=1S/C15H22N2O4/c1-20-10-9-17(8-7-15(19)21-2)14(18)11-12-3-5-13(16)6-4-12/h3-6H,7-11,16H2,1-2H3. The molecule has 0 aliphatic carbocycles. The van der Waals surface area contributed by atoms with Gasteiger partial charge in [0.15, 0.2) is 0 Å². The Labute approximate surface area is 124 Å². The number of carbonyl (C=O) groups excluding carboxylic acids is 2. The molecule has 0 unspecified atom stereocenters. The van der Waals surface area contributed by atoms with Gasteiger partial charge in [-0.25, -0.2) is 0 Å². The van der Waals surface area contributed by atoms with Crippen LogP contribution >= 0.6 is 0 Å². The van der Waals surface area contributed by atoms with Crippen molar-refractivity contribution in [3.05, 3.63) is 29.8 Å². The Morgan fingerprint density at radius 2 is 1.81 bits per heavy atom. The zero-order valence-electron chi connectivity index (χ0n) is 12.5. The molecule has 0 aromatic heterocycles. The van der Waals surface area contributed by atoms with E-state index in [1.165, 1.54) is 7.11 Å². The summed E-state index contributed by atoms with van der Waals surface area (Å²) in [6.45, 7) is 1.19. The Morgan fingerprint density at radius 1 is 1.14 bits per heavy atom. The molecule has 6 heteroatoms. The number of rotatable bonds is 8. The van der Waals surface area contributed by atoms with Gasteiger partial charge in [-0.05, 0) is 17.7 Å². The maximum absolute atomic E-state index is 12.3. The summed E-state index contributed by atoms with van der Waals surface area (Å²) < 4.78 is 9.59. The first-order chi connectivity index (χ1) is 10.1. The van der Waals surface area contributed by atoms with Gasteiger partial charge in [0.2, 0.25) is 5.91 Å². The van der Waals surface area contributed by atoms with Crippen LogP contribution in [0.1, 0.15) is 12.0 Å². The molecule has 1 aromatic carbocycles. The summed E-state index contributed by atoms with van der Waals surface area (Å²) in [5, 5.41) is 0. The topological polar surface area (TPSA) is 81.9 Å². The first-order valence-corrected chi connectivity index (χ1v) is 6.74. The van der Waals surface area contributed by atoms with E-state index in [-0.39, 0.29) is 24.7 Å². The number of esters is 1. The number of benzene rings is 1. The molecule has 116 valence electrons. The predicted molar refractivity (Wildman–Crippen MR) is 79.6 cm³/mol. The zero-order valence-corrected chi connectivity index (χ0v) is 12.5. The lowest BCUT2D eigenvalue weighted by Crippen LogP contribution is -2.36. The van der Waals surface area contributed by atoms with Crippen molar-refractivity contribution in [2.45, 2.75) is 12.8 Å². The fourth-order valence-corrected chi connectivity index (χ4v) is 1.81. The van der Waals surface area contributed by atoms with Crippen LogP contribution in [-0.4, -0.2) is 50.7 Å². The van der Waals surface area contributed by atoms with Crippen molar-refractivity contribution in [1.29, 1.82) is 0 Å². The van der Waals surface area contributed by atoms with E-state index in [9.17, 15) is 9.59 Å². The van der Waals surface area contributed by atoms with Gasteiger partial charge in [0.25, 0.3) is 0 Å². The number of hydrogen-bond acceptors (Lipinski definition) is 5. The Kier molecular flexibility index (Phi) is 7.25. The van der Waals surface area contributed by atoms with Crippen LogP contribution in [0.2, 0.25) is 0 Å². The molecule has 0 heterocycles. The Bertz CT molecular complexity index is 459. The molecule has 1 amide bonds. The SMILES string of the molecule is COCCN(CCC(=O)OC)C(=O)Cc1ccc(N)cc1. The predicted octanol–water partition coefficient (Wildman–Crippen LogP) is 0.849. The highest BCUT2D eigenvalue weighted by molar-refractivity contribution is 5.79. The zero-order chi connectivity index (χ0) is 15.7. The van der Waals surface area contributed by atoms with Gasteiger partial charge in [-0.15, -0.1) is 0 Å². The highest BCUT2D eigenvalue weighted by Crippen LogP contribution is 2.08. The lowest BCUT2D eigenvalue weighted by Gasteiger charge is -2.22. The smallest absolute Gasteiger partial charge is 0.307 e. The highest BCUT2D eigenvalue weighted by Gasteiger charge is 2.15. The summed E-state index contributed by atoms with van der Waals surface area (Å²) in [6.07, 6.45) is 0.443. The molecule has 0 bridgehead atoms. The number of hydrogen-bond donors (Lipinski definition) is 1. The number of carbonyl (C=O) groups is 2. The third-order valence-corrected chi connectivity index (χ3v) is 3.07. The van der Waals surface area contributed by atoms with E-state index in [0.717, 1.165) is 5.56 Å². The quantitative estimate of drug-likeness (QED) is 0.568. The van der Waals surface area contributed by atoms with Crippen LogP contribution in [0.3, 0.4) is 0 Å². The van der Waals surface area contributed by atoms with Gasteiger partial charge < -0.3 is 20.1 Å². The largest absolute Gasteiger partial charge is 0.469 e. The number of nitrogen functional groups attached to an aromatic ring is 1. The van der Waals surface area contributed by atoms with Gasteiger partial charge in [0, 0.05) is 25.9 Å². The summed E-state index contributed by atoms with van der Waals surface area (Å²) in [5.74, 6) is -0.390. The van der Waals surface area contributed by atoms with Crippen LogP contribution in [0.5, 0.6) is 0 Å². The van der Waals surface area contributed by atoms with Crippen molar-refractivity contribution in [3.8, 4) is 0 Å². The van der Waals surface area contributed by atoms with Crippen molar-refractivity contribution >= 4 is 17.6 Å². The second-order valence-corrected chi connectivity index (χ2v) is 4.62. The molecule has 21 heavy (non-hydrogen) atoms. The van der Waals surface area contributed by atoms with Crippen LogP contribution in [-0.2, 0) is 25.5 Å². The fourth-order valence-electron chi connectivity index (χ4n) is 1.81. The molecule has 2 N–H and O–H groups in total. The molecule has 0 radical (unpaired) electrons. The lowest BCUT2D eigenvalue weighted by atomic mass is 10.1. The fraction of sp³-hybridized carbons (Fsp3) is 0.467. The van der Waals surface area contributed by atoms with Crippen LogP contribution in [0, 0.1) is 0 Å². The minimum atomic E-state index is -0.335. The van der Waals surface area contributed by atoms with Crippen molar-refractivity contribution in [2.24, 2.45) is 0 Å². The number of methoxy groups -OCH3 is 2. The van der Waals surface area contributed by atoms with Gasteiger partial charge in [-0.2, -0.15) is 0 Å². The minimum absolute atomic E-state index is 0.0549. The summed E-state index contributed by atoms with van der Waals surface area (Å²) in [6, 6.07) is 7.16. The van der Waals surface area contributed by atoms with E-state index >= 15 is 0 Å². The maximum atomic E-state index is 12.3. The molecule has 0 aliphatic rings. The maximum Gasteiger partial charge on any atom is 0.307 e. The van der Waals surface area contributed by atoms with E-state index in [2.05, 4.69) is 4.74 Å². The molecule has 0 spiro atoms. The first kappa shape index (κ1) is 17.0. The molecule has 0 saturated carbocycles. The van der Waals surface area contributed by atoms with Gasteiger partial charge in [0.1, 0.15) is 0 Å². The van der Waals surface area contributed by atoms with E-state index in [1.807, 2.05) is 12.1 Å². The molecular weight excluding hydrogens is 272 g/mol. The average Bonchev–Trinajstić information content (AvgIpc) is 2.49. The van der Waals surface area contributed by atoms with Crippen LogP contribution in [0.15, 0.2) is 24.3 Å². The Hall–Kier alpha value is -2.08. The van der Waals surface area contributed by atoms with Crippen LogP contribution in [0.4, 0.5) is 5.69 Å². The van der Waals surface area contributed by atoms with E-state index < -0.39 is 0 Å². The van der Waals surface area contributed by atoms with Crippen molar-refractivity contribution < 1.29 is 19.1 Å². The Morgan fingerprint density at radius 3 is 2.38 bits per heavy atom. The average molecular weight is 294 g/mol. The molecule has 1 rings (SSSR count). The van der Waals surface area contributed by atoms with Gasteiger partial charge in [-0.1, -0.05) is 12.1 Å². The van der Waals surface area contributed by atoms with Crippen molar-refractivity contribution in [1.82, 2.24) is 4.90 Å². The van der Waals surface area contributed by atoms with E-state index in [0.29, 0.717) is 25.4 Å². The third-order valence-electron chi connectivity index (χ3n) is 3.07. The second kappa shape index (κ2) is 8.97. The summed E-state index contributed by atoms with van der Waals surface area (Å²) in [4.78, 5) is 25.1. The van der Waals surface area contributed by atoms with Crippen LogP contribution < -0.4 is 5.73 Å². The monoisotopic (exact) mass is 294 g/mol. The van der Waals surface area contributed by atoms with Gasteiger partial charge in [0.05, 0.1) is 26.6 Å².